The summed E-state index contributed by atoms with van der Waals surface area (Å²) in [6.45, 7) is 0.298. The molecule has 0 unspecified atom stereocenters. The number of benzene rings is 2. The Bertz CT molecular complexity index is 539. The molecule has 1 aliphatic rings. The molecule has 0 bridgehead atoms. The summed E-state index contributed by atoms with van der Waals surface area (Å²) >= 11 is 0. The molecule has 18 heavy (non-hydrogen) atoms. The Balaban J connectivity index is 1.78. The molecule has 2 aromatic carbocycles. The molecule has 0 fully saturated rings. The molecular weight excluding hydrogens is 226 g/mol. The second-order valence-corrected chi connectivity index (χ2v) is 4.41. The predicted octanol–water partition coefficient (Wildman–Crippen LogP) is 2.66. The van der Waals surface area contributed by atoms with E-state index in [2.05, 4.69) is 12.1 Å². The van der Waals surface area contributed by atoms with Crippen LogP contribution in [0.25, 0.3) is 0 Å². The van der Waals surface area contributed by atoms with Gasteiger partial charge in [-0.15, -0.1) is 0 Å². The maximum atomic E-state index is 6.22. The molecule has 0 aliphatic carbocycles. The topological polar surface area (TPSA) is 44.5 Å². The Morgan fingerprint density at radius 1 is 1.00 bits per heavy atom. The van der Waals surface area contributed by atoms with Crippen molar-refractivity contribution in [3.8, 4) is 11.5 Å². The van der Waals surface area contributed by atoms with E-state index in [1.54, 1.807) is 0 Å². The minimum absolute atomic E-state index is 0.0260. The molecule has 1 atom stereocenters. The minimum atomic E-state index is -0.0260. The Morgan fingerprint density at radius 2 is 1.78 bits per heavy atom. The summed E-state index contributed by atoms with van der Waals surface area (Å²) in [6.07, 6.45) is 0.820. The monoisotopic (exact) mass is 241 g/mol. The van der Waals surface area contributed by atoms with Gasteiger partial charge < -0.3 is 15.2 Å². The van der Waals surface area contributed by atoms with E-state index in [0.717, 1.165) is 23.5 Å². The summed E-state index contributed by atoms with van der Waals surface area (Å²) in [5, 5.41) is 0. The van der Waals surface area contributed by atoms with E-state index in [1.807, 2.05) is 36.4 Å². The fraction of sp³-hybridized carbons (Fsp3) is 0.200. The predicted molar refractivity (Wildman–Crippen MR) is 69.6 cm³/mol. The first-order valence-electron chi connectivity index (χ1n) is 6.02. The molecule has 0 spiro atoms. The van der Waals surface area contributed by atoms with Crippen LogP contribution in [0.15, 0.2) is 48.5 Å². The van der Waals surface area contributed by atoms with E-state index in [9.17, 15) is 0 Å². The van der Waals surface area contributed by atoms with Crippen LogP contribution in [0.5, 0.6) is 11.5 Å². The van der Waals surface area contributed by atoms with Crippen molar-refractivity contribution in [2.45, 2.75) is 12.5 Å². The van der Waals surface area contributed by atoms with E-state index in [0.29, 0.717) is 6.79 Å². The zero-order valence-corrected chi connectivity index (χ0v) is 10.0. The smallest absolute Gasteiger partial charge is 0.231 e. The highest BCUT2D eigenvalue weighted by atomic mass is 16.7. The molecule has 92 valence electrons. The SMILES string of the molecule is N[C@@H](Cc1ccccc1)c1ccc2c(c1)OCO2. The summed E-state index contributed by atoms with van der Waals surface area (Å²) in [5.74, 6) is 1.58. The number of hydrogen-bond donors (Lipinski definition) is 1. The molecule has 0 saturated carbocycles. The number of hydrogen-bond acceptors (Lipinski definition) is 3. The van der Waals surface area contributed by atoms with Crippen molar-refractivity contribution in [3.05, 3.63) is 59.7 Å². The third-order valence-corrected chi connectivity index (χ3v) is 3.12. The lowest BCUT2D eigenvalue weighted by molar-refractivity contribution is 0.174. The zero-order valence-electron chi connectivity index (χ0n) is 10.0. The number of nitrogens with two attached hydrogens (primary N) is 1. The van der Waals surface area contributed by atoms with E-state index < -0.39 is 0 Å². The summed E-state index contributed by atoms with van der Waals surface area (Å²) in [4.78, 5) is 0. The van der Waals surface area contributed by atoms with Crippen LogP contribution in [0.2, 0.25) is 0 Å². The van der Waals surface area contributed by atoms with Crippen LogP contribution >= 0.6 is 0 Å². The van der Waals surface area contributed by atoms with Gasteiger partial charge >= 0.3 is 0 Å². The largest absolute Gasteiger partial charge is 0.454 e. The molecule has 3 rings (SSSR count). The van der Waals surface area contributed by atoms with Crippen molar-refractivity contribution >= 4 is 0 Å². The fourth-order valence-electron chi connectivity index (χ4n) is 2.13. The molecule has 1 aliphatic heterocycles. The summed E-state index contributed by atoms with van der Waals surface area (Å²) in [7, 11) is 0. The molecule has 3 nitrogen and oxygen atoms in total. The second-order valence-electron chi connectivity index (χ2n) is 4.41. The van der Waals surface area contributed by atoms with E-state index in [4.69, 9.17) is 15.2 Å². The Hall–Kier alpha value is -2.00. The highest BCUT2D eigenvalue weighted by Gasteiger charge is 2.16. The van der Waals surface area contributed by atoms with Crippen molar-refractivity contribution in [2.75, 3.05) is 6.79 Å². The highest BCUT2D eigenvalue weighted by Crippen LogP contribution is 2.34. The van der Waals surface area contributed by atoms with Gasteiger partial charge in [0.05, 0.1) is 0 Å². The lowest BCUT2D eigenvalue weighted by Gasteiger charge is -2.12. The standard InChI is InChI=1S/C15H15NO2/c16-13(8-11-4-2-1-3-5-11)12-6-7-14-15(9-12)18-10-17-14/h1-7,9,13H,8,10,16H2/t13-/m0/s1. The third-order valence-electron chi connectivity index (χ3n) is 3.12. The molecule has 1 heterocycles. The van der Waals surface area contributed by atoms with Gasteiger partial charge in [-0.05, 0) is 29.7 Å². The van der Waals surface area contributed by atoms with Gasteiger partial charge in [-0.3, -0.25) is 0 Å². The maximum absolute atomic E-state index is 6.22. The van der Waals surface area contributed by atoms with Crippen LogP contribution in [0, 0.1) is 0 Å². The van der Waals surface area contributed by atoms with Crippen molar-refractivity contribution < 1.29 is 9.47 Å². The van der Waals surface area contributed by atoms with Gasteiger partial charge in [-0.25, -0.2) is 0 Å². The summed E-state index contributed by atoms with van der Waals surface area (Å²) in [5.41, 5.74) is 8.54. The highest BCUT2D eigenvalue weighted by molar-refractivity contribution is 5.45. The molecular formula is C15H15NO2. The van der Waals surface area contributed by atoms with Crippen molar-refractivity contribution in [3.63, 3.8) is 0 Å². The first-order valence-corrected chi connectivity index (χ1v) is 6.02. The maximum Gasteiger partial charge on any atom is 0.231 e. The van der Waals surface area contributed by atoms with Crippen LogP contribution < -0.4 is 15.2 Å². The fourth-order valence-corrected chi connectivity index (χ4v) is 2.13. The summed E-state index contributed by atoms with van der Waals surface area (Å²) < 4.78 is 10.7. The van der Waals surface area contributed by atoms with Crippen molar-refractivity contribution in [2.24, 2.45) is 5.73 Å². The van der Waals surface area contributed by atoms with Crippen molar-refractivity contribution in [1.29, 1.82) is 0 Å². The average Bonchev–Trinajstić information content (AvgIpc) is 2.87. The molecule has 0 aromatic heterocycles. The third kappa shape index (κ3) is 2.17. The molecule has 0 saturated heterocycles. The molecule has 3 heteroatoms. The lowest BCUT2D eigenvalue weighted by Crippen LogP contribution is -2.13. The Kier molecular flexibility index (Phi) is 2.90. The number of rotatable bonds is 3. The Labute approximate surface area is 106 Å². The first kappa shape index (κ1) is 11.1. The van der Waals surface area contributed by atoms with Crippen LogP contribution in [0.3, 0.4) is 0 Å². The van der Waals surface area contributed by atoms with Gasteiger partial charge in [-0.1, -0.05) is 36.4 Å². The second kappa shape index (κ2) is 4.70. The van der Waals surface area contributed by atoms with E-state index in [-0.39, 0.29) is 6.04 Å². The number of ether oxygens (including phenoxy) is 2. The first-order chi connectivity index (χ1) is 8.83. The van der Waals surface area contributed by atoms with E-state index >= 15 is 0 Å². The summed E-state index contributed by atoms with van der Waals surface area (Å²) in [6, 6.07) is 16.1. The minimum Gasteiger partial charge on any atom is -0.454 e. The van der Waals surface area contributed by atoms with Crippen LogP contribution in [0.1, 0.15) is 17.2 Å². The van der Waals surface area contributed by atoms with Gasteiger partial charge in [0.15, 0.2) is 11.5 Å². The van der Waals surface area contributed by atoms with Crippen LogP contribution in [-0.2, 0) is 6.42 Å². The quantitative estimate of drug-likeness (QED) is 0.898. The van der Waals surface area contributed by atoms with Crippen LogP contribution in [-0.4, -0.2) is 6.79 Å². The van der Waals surface area contributed by atoms with Crippen LogP contribution in [0.4, 0.5) is 0 Å². The lowest BCUT2D eigenvalue weighted by atomic mass is 9.99. The van der Waals surface area contributed by atoms with Gasteiger partial charge in [0.2, 0.25) is 6.79 Å². The zero-order chi connectivity index (χ0) is 12.4. The molecule has 0 amide bonds. The van der Waals surface area contributed by atoms with Gasteiger partial charge in [-0.2, -0.15) is 0 Å². The molecule has 2 N–H and O–H groups in total. The van der Waals surface area contributed by atoms with Gasteiger partial charge in [0.25, 0.3) is 0 Å². The number of fused-ring (bicyclic) bond motifs is 1. The molecule has 0 radical (unpaired) electrons. The average molecular weight is 241 g/mol. The van der Waals surface area contributed by atoms with Crippen molar-refractivity contribution in [1.82, 2.24) is 0 Å². The van der Waals surface area contributed by atoms with Gasteiger partial charge in [0.1, 0.15) is 0 Å². The normalized spacial score (nSPS) is 14.5. The van der Waals surface area contributed by atoms with Gasteiger partial charge in [0, 0.05) is 6.04 Å². The van der Waals surface area contributed by atoms with E-state index in [1.165, 1.54) is 5.56 Å². The molecule has 2 aromatic rings. The Morgan fingerprint density at radius 3 is 2.61 bits per heavy atom.